The van der Waals surface area contributed by atoms with E-state index < -0.39 is 0 Å². The number of nitrogens with zero attached hydrogens (tertiary/aromatic N) is 2. The van der Waals surface area contributed by atoms with Crippen molar-refractivity contribution in [3.05, 3.63) is 119 Å². The first-order chi connectivity index (χ1) is 15.8. The highest BCUT2D eigenvalue weighted by molar-refractivity contribution is 6.08. The zero-order valence-electron chi connectivity index (χ0n) is 18.0. The van der Waals surface area contributed by atoms with E-state index in [1.807, 2.05) is 60.7 Å². The van der Waals surface area contributed by atoms with E-state index in [9.17, 15) is 4.79 Å². The van der Waals surface area contributed by atoms with Gasteiger partial charge < -0.3 is 0 Å². The predicted octanol–water partition coefficient (Wildman–Crippen LogP) is 6.52. The molecule has 5 rings (SSSR count). The predicted molar refractivity (Wildman–Crippen MR) is 131 cm³/mol. The van der Waals surface area contributed by atoms with E-state index in [2.05, 4.69) is 42.5 Å². The first-order valence-corrected chi connectivity index (χ1v) is 11.3. The number of carbonyl (C=O) groups is 1. The molecule has 3 aromatic rings. The number of carbonyl (C=O) groups excluding carboxylic acids is 1. The van der Waals surface area contributed by atoms with Crippen molar-refractivity contribution >= 4 is 23.8 Å². The molecule has 0 saturated heterocycles. The summed E-state index contributed by atoms with van der Waals surface area (Å²) in [7, 11) is 0. The van der Waals surface area contributed by atoms with Crippen LogP contribution in [0.2, 0.25) is 0 Å². The van der Waals surface area contributed by atoms with Crippen LogP contribution in [0.3, 0.4) is 0 Å². The molecule has 1 heterocycles. The van der Waals surface area contributed by atoms with E-state index in [4.69, 9.17) is 5.10 Å². The van der Waals surface area contributed by atoms with Crippen molar-refractivity contribution in [1.29, 1.82) is 0 Å². The Kier molecular flexibility index (Phi) is 5.80. The fourth-order valence-electron chi connectivity index (χ4n) is 4.72. The number of benzene rings is 3. The average molecular weight is 419 g/mol. The van der Waals surface area contributed by atoms with Crippen molar-refractivity contribution in [2.45, 2.75) is 25.3 Å². The lowest BCUT2D eigenvalue weighted by Crippen LogP contribution is -2.30. The molecule has 0 radical (unpaired) electrons. The summed E-state index contributed by atoms with van der Waals surface area (Å²) in [6, 6.07) is 30.5. The Morgan fingerprint density at radius 3 is 2.16 bits per heavy atom. The van der Waals surface area contributed by atoms with E-state index in [1.165, 1.54) is 11.1 Å². The lowest BCUT2D eigenvalue weighted by molar-refractivity contribution is -0.128. The number of hydrazone groups is 1. The summed E-state index contributed by atoms with van der Waals surface area (Å²) in [6.45, 7) is 0. The van der Waals surface area contributed by atoms with E-state index in [0.29, 0.717) is 0 Å². The molecule has 2 aliphatic rings. The fraction of sp³-hybridized carbons (Fsp3) is 0.172. The molecule has 1 aliphatic carbocycles. The Balaban J connectivity index is 1.51. The molecule has 158 valence electrons. The molecule has 0 N–H and O–H groups in total. The molecule has 3 heteroatoms. The molecule has 1 amide bonds. The normalized spacial score (nSPS) is 21.6. The van der Waals surface area contributed by atoms with Crippen LogP contribution in [0.25, 0.3) is 12.2 Å². The third-order valence-electron chi connectivity index (χ3n) is 6.23. The van der Waals surface area contributed by atoms with Crippen molar-refractivity contribution in [3.63, 3.8) is 0 Å². The third-order valence-corrected chi connectivity index (χ3v) is 6.23. The summed E-state index contributed by atoms with van der Waals surface area (Å²) < 4.78 is 0. The van der Waals surface area contributed by atoms with Crippen LogP contribution in [0.5, 0.6) is 0 Å². The van der Waals surface area contributed by atoms with Crippen LogP contribution in [0, 0.1) is 5.92 Å². The third kappa shape index (κ3) is 4.19. The zero-order chi connectivity index (χ0) is 21.8. The van der Waals surface area contributed by atoms with Crippen LogP contribution in [-0.4, -0.2) is 16.6 Å². The Hall–Kier alpha value is -3.72. The van der Waals surface area contributed by atoms with Crippen molar-refractivity contribution in [2.75, 3.05) is 0 Å². The average Bonchev–Trinajstić information content (AvgIpc) is 3.25. The highest BCUT2D eigenvalue weighted by Crippen LogP contribution is 2.44. The van der Waals surface area contributed by atoms with Gasteiger partial charge in [-0.05, 0) is 53.7 Å². The topological polar surface area (TPSA) is 32.7 Å². The standard InChI is InChI=1S/C29H26N2O/c32-27(20-19-22-11-4-1-5-12-22)31-29(24-15-8-3-9-16-24)26-18-10-17-25(28(26)30-31)21-23-13-6-2-7-14-23/h1-9,11-16,19-21,26,29H,10,17-18H2. The van der Waals surface area contributed by atoms with Crippen LogP contribution in [0.1, 0.15) is 42.0 Å². The molecule has 2 unspecified atom stereocenters. The van der Waals surface area contributed by atoms with Gasteiger partial charge in [-0.3, -0.25) is 4.79 Å². The van der Waals surface area contributed by atoms with Crippen LogP contribution in [0.4, 0.5) is 0 Å². The second-order valence-corrected chi connectivity index (χ2v) is 8.35. The van der Waals surface area contributed by atoms with Crippen molar-refractivity contribution in [3.8, 4) is 0 Å². The Morgan fingerprint density at radius 1 is 0.844 bits per heavy atom. The minimum Gasteiger partial charge on any atom is -0.268 e. The van der Waals surface area contributed by atoms with Gasteiger partial charge in [0.15, 0.2) is 0 Å². The summed E-state index contributed by atoms with van der Waals surface area (Å²) in [5.74, 6) is 0.138. The maximum atomic E-state index is 13.3. The van der Waals surface area contributed by atoms with E-state index >= 15 is 0 Å². The van der Waals surface area contributed by atoms with E-state index in [-0.39, 0.29) is 17.9 Å². The molecular formula is C29H26N2O. The van der Waals surface area contributed by atoms with Crippen molar-refractivity contribution < 1.29 is 4.79 Å². The molecule has 1 fully saturated rings. The SMILES string of the molecule is O=C(C=Cc1ccccc1)N1N=C2C(=Cc3ccccc3)CCCC2C1c1ccccc1. The Labute approximate surface area is 189 Å². The van der Waals surface area contributed by atoms with Crippen LogP contribution < -0.4 is 0 Å². The summed E-state index contributed by atoms with van der Waals surface area (Å²) in [6.07, 6.45) is 8.89. The second-order valence-electron chi connectivity index (χ2n) is 8.35. The molecule has 0 bridgehead atoms. The van der Waals surface area contributed by atoms with Gasteiger partial charge in [0.2, 0.25) is 0 Å². The van der Waals surface area contributed by atoms with Gasteiger partial charge >= 0.3 is 0 Å². The minimum absolute atomic E-state index is 0.0707. The van der Waals surface area contributed by atoms with Gasteiger partial charge in [0, 0.05) is 12.0 Å². The van der Waals surface area contributed by atoms with Gasteiger partial charge in [-0.25, -0.2) is 5.01 Å². The van der Waals surface area contributed by atoms with Crippen LogP contribution in [-0.2, 0) is 4.79 Å². The molecule has 3 aromatic carbocycles. The number of allylic oxidation sites excluding steroid dienone is 1. The van der Waals surface area contributed by atoms with Gasteiger partial charge in [-0.15, -0.1) is 0 Å². The summed E-state index contributed by atoms with van der Waals surface area (Å²) in [5.41, 5.74) is 5.63. The lowest BCUT2D eigenvalue weighted by atomic mass is 9.77. The summed E-state index contributed by atoms with van der Waals surface area (Å²) in [5, 5.41) is 6.65. The van der Waals surface area contributed by atoms with Gasteiger partial charge in [0.1, 0.15) is 0 Å². The molecule has 32 heavy (non-hydrogen) atoms. The minimum atomic E-state index is -0.0799. The fourth-order valence-corrected chi connectivity index (χ4v) is 4.72. The largest absolute Gasteiger partial charge is 0.268 e. The smallest absolute Gasteiger partial charge is 0.267 e. The summed E-state index contributed by atoms with van der Waals surface area (Å²) in [4.78, 5) is 13.3. The molecular weight excluding hydrogens is 392 g/mol. The van der Waals surface area contributed by atoms with Crippen LogP contribution in [0.15, 0.2) is 108 Å². The molecule has 2 atom stereocenters. The van der Waals surface area contributed by atoms with Gasteiger partial charge in [-0.1, -0.05) is 91.0 Å². The van der Waals surface area contributed by atoms with Crippen molar-refractivity contribution in [1.82, 2.24) is 5.01 Å². The quantitative estimate of drug-likeness (QED) is 0.444. The van der Waals surface area contributed by atoms with Gasteiger partial charge in [0.05, 0.1) is 11.8 Å². The Bertz CT molecular complexity index is 1160. The molecule has 3 nitrogen and oxygen atoms in total. The molecule has 1 saturated carbocycles. The van der Waals surface area contributed by atoms with Gasteiger partial charge in [-0.2, -0.15) is 5.10 Å². The molecule has 1 aliphatic heterocycles. The molecule has 0 spiro atoms. The Morgan fingerprint density at radius 2 is 1.47 bits per heavy atom. The van der Waals surface area contributed by atoms with Gasteiger partial charge in [0.25, 0.3) is 5.91 Å². The first kappa shape index (κ1) is 20.2. The summed E-state index contributed by atoms with van der Waals surface area (Å²) >= 11 is 0. The zero-order valence-corrected chi connectivity index (χ0v) is 18.0. The first-order valence-electron chi connectivity index (χ1n) is 11.3. The number of amides is 1. The number of rotatable bonds is 4. The number of fused-ring (bicyclic) bond motifs is 1. The maximum absolute atomic E-state index is 13.3. The molecule has 0 aromatic heterocycles. The number of hydrogen-bond donors (Lipinski definition) is 0. The van der Waals surface area contributed by atoms with Crippen LogP contribution >= 0.6 is 0 Å². The lowest BCUT2D eigenvalue weighted by Gasteiger charge is -2.29. The highest BCUT2D eigenvalue weighted by Gasteiger charge is 2.43. The van der Waals surface area contributed by atoms with E-state index in [0.717, 1.165) is 36.1 Å². The van der Waals surface area contributed by atoms with Crippen molar-refractivity contribution in [2.24, 2.45) is 11.0 Å². The second kappa shape index (κ2) is 9.19. The van der Waals surface area contributed by atoms with E-state index in [1.54, 1.807) is 11.1 Å². The monoisotopic (exact) mass is 418 g/mol. The number of hydrogen-bond acceptors (Lipinski definition) is 2. The maximum Gasteiger partial charge on any atom is 0.267 e. The highest BCUT2D eigenvalue weighted by atomic mass is 16.2.